The Labute approximate surface area is 174 Å². The van der Waals surface area contributed by atoms with E-state index >= 15 is 0 Å². The van der Waals surface area contributed by atoms with Gasteiger partial charge in [0.2, 0.25) is 10.0 Å². The molecule has 1 saturated heterocycles. The quantitative estimate of drug-likeness (QED) is 0.545. The predicted octanol–water partition coefficient (Wildman–Crippen LogP) is 1.31. The summed E-state index contributed by atoms with van der Waals surface area (Å²) in [4.78, 5) is 16.5. The van der Waals surface area contributed by atoms with Gasteiger partial charge in [0.15, 0.2) is 0 Å². The lowest BCUT2D eigenvalue weighted by molar-refractivity contribution is 0.0957. The highest BCUT2D eigenvalue weighted by atomic mass is 32.2. The Kier molecular flexibility index (Phi) is 7.14. The summed E-state index contributed by atoms with van der Waals surface area (Å²) < 4.78 is 42.1. The number of hydrogen-bond acceptors (Lipinski definition) is 5. The summed E-state index contributed by atoms with van der Waals surface area (Å²) in [7, 11) is -3.78. The van der Waals surface area contributed by atoms with Crippen LogP contribution in [0, 0.1) is 0 Å². The zero-order valence-electron chi connectivity index (χ0n) is 16.3. The van der Waals surface area contributed by atoms with Gasteiger partial charge in [0.1, 0.15) is 11.8 Å². The maximum atomic E-state index is 13.8. The largest absolute Gasteiger partial charge is 0.348 e. The van der Waals surface area contributed by atoms with Gasteiger partial charge in [0, 0.05) is 37.1 Å². The number of sulfonamides is 1. The highest BCUT2D eigenvalue weighted by molar-refractivity contribution is 7.92. The smallest absolute Gasteiger partial charge is 0.253 e. The zero-order chi connectivity index (χ0) is 21.6. The number of fused-ring (bicyclic) bond motifs is 1. The zero-order valence-corrected chi connectivity index (χ0v) is 17.1. The van der Waals surface area contributed by atoms with E-state index in [4.69, 9.17) is 0 Å². The van der Waals surface area contributed by atoms with Gasteiger partial charge in [0.25, 0.3) is 5.91 Å². The standard InChI is InChI=1S/C20H24FN5O3S/c1-2-15(4-3-11-30(28,29)25-18-7-8-22-13-17(18)21)12-24-20(27)16-5-6-19-23-9-10-26(19)14-16/h2-6,9-11,14,17-18,22,25H,1,7-8,12-13H2,(H,24,27)/b11-3+,15-4+. The van der Waals surface area contributed by atoms with Crippen molar-refractivity contribution in [3.63, 3.8) is 0 Å². The molecule has 0 aliphatic carbocycles. The summed E-state index contributed by atoms with van der Waals surface area (Å²) in [6, 6.07) is 2.67. The van der Waals surface area contributed by atoms with Crippen LogP contribution in [0.5, 0.6) is 0 Å². The van der Waals surface area contributed by atoms with Crippen molar-refractivity contribution in [1.29, 1.82) is 0 Å². The molecule has 1 aliphatic rings. The van der Waals surface area contributed by atoms with E-state index in [1.165, 1.54) is 18.2 Å². The van der Waals surface area contributed by atoms with Crippen LogP contribution in [0.3, 0.4) is 0 Å². The molecule has 2 aromatic rings. The van der Waals surface area contributed by atoms with Gasteiger partial charge in [-0.25, -0.2) is 22.5 Å². The van der Waals surface area contributed by atoms with Crippen molar-refractivity contribution >= 4 is 21.6 Å². The van der Waals surface area contributed by atoms with Crippen LogP contribution < -0.4 is 15.4 Å². The Morgan fingerprint density at radius 3 is 3.03 bits per heavy atom. The van der Waals surface area contributed by atoms with Gasteiger partial charge >= 0.3 is 0 Å². The van der Waals surface area contributed by atoms with Crippen LogP contribution in [0.15, 0.2) is 66.5 Å². The average molecular weight is 434 g/mol. The summed E-state index contributed by atoms with van der Waals surface area (Å²) in [5, 5.41) is 6.60. The number of nitrogens with one attached hydrogen (secondary N) is 3. The fourth-order valence-electron chi connectivity index (χ4n) is 3.01. The molecule has 0 aromatic carbocycles. The van der Waals surface area contributed by atoms with E-state index in [9.17, 15) is 17.6 Å². The number of pyridine rings is 1. The highest BCUT2D eigenvalue weighted by Gasteiger charge is 2.27. The maximum absolute atomic E-state index is 13.8. The minimum atomic E-state index is -3.78. The van der Waals surface area contributed by atoms with Crippen molar-refractivity contribution in [3.8, 4) is 0 Å². The summed E-state index contributed by atoms with van der Waals surface area (Å²) >= 11 is 0. The Bertz CT molecular complexity index is 1080. The number of alkyl halides is 1. The first-order valence-electron chi connectivity index (χ1n) is 9.45. The number of amides is 1. The number of carbonyl (C=O) groups is 1. The van der Waals surface area contributed by atoms with Crippen LogP contribution in [-0.2, 0) is 10.0 Å². The third-order valence-electron chi connectivity index (χ3n) is 4.66. The van der Waals surface area contributed by atoms with Crippen molar-refractivity contribution in [2.75, 3.05) is 19.6 Å². The van der Waals surface area contributed by atoms with Crippen LogP contribution >= 0.6 is 0 Å². The number of halogens is 1. The van der Waals surface area contributed by atoms with E-state index in [-0.39, 0.29) is 19.0 Å². The molecule has 0 saturated carbocycles. The van der Waals surface area contributed by atoms with Gasteiger partial charge in [-0.1, -0.05) is 18.7 Å². The molecule has 3 N–H and O–H groups in total. The van der Waals surface area contributed by atoms with Gasteiger partial charge in [-0.15, -0.1) is 0 Å². The maximum Gasteiger partial charge on any atom is 0.253 e. The number of allylic oxidation sites excluding steroid dienone is 2. The normalized spacial score (nSPS) is 20.5. The summed E-state index contributed by atoms with van der Waals surface area (Å²) in [6.45, 7) is 4.54. The van der Waals surface area contributed by atoms with E-state index < -0.39 is 22.2 Å². The number of carbonyl (C=O) groups excluding carboxylic acids is 1. The monoisotopic (exact) mass is 433 g/mol. The second kappa shape index (κ2) is 9.79. The van der Waals surface area contributed by atoms with Crippen molar-refractivity contribution in [3.05, 3.63) is 72.1 Å². The van der Waals surface area contributed by atoms with Gasteiger partial charge < -0.3 is 15.0 Å². The van der Waals surface area contributed by atoms with Crippen LogP contribution in [0.4, 0.5) is 4.39 Å². The van der Waals surface area contributed by atoms with E-state index in [1.807, 2.05) is 0 Å². The van der Waals surface area contributed by atoms with Crippen molar-refractivity contribution in [1.82, 2.24) is 24.7 Å². The molecule has 30 heavy (non-hydrogen) atoms. The van der Waals surface area contributed by atoms with Gasteiger partial charge in [-0.2, -0.15) is 0 Å². The molecule has 2 unspecified atom stereocenters. The lowest BCUT2D eigenvalue weighted by atomic mass is 10.1. The minimum Gasteiger partial charge on any atom is -0.348 e. The van der Waals surface area contributed by atoms with Crippen LogP contribution in [0.2, 0.25) is 0 Å². The minimum absolute atomic E-state index is 0.130. The molecule has 0 radical (unpaired) electrons. The van der Waals surface area contributed by atoms with Crippen LogP contribution in [-0.4, -0.2) is 55.6 Å². The molecular weight excluding hydrogens is 409 g/mol. The summed E-state index contributed by atoms with van der Waals surface area (Å²) in [5.41, 5.74) is 1.82. The molecule has 2 atom stereocenters. The van der Waals surface area contributed by atoms with Crippen LogP contribution in [0.25, 0.3) is 5.65 Å². The van der Waals surface area contributed by atoms with Crippen molar-refractivity contribution < 1.29 is 17.6 Å². The predicted molar refractivity (Wildman–Crippen MR) is 113 cm³/mol. The molecule has 160 valence electrons. The van der Waals surface area contributed by atoms with Gasteiger partial charge in [0.05, 0.1) is 11.6 Å². The topological polar surface area (TPSA) is 105 Å². The molecule has 1 amide bonds. The van der Waals surface area contributed by atoms with Crippen molar-refractivity contribution in [2.24, 2.45) is 0 Å². The lowest BCUT2D eigenvalue weighted by Crippen LogP contribution is -2.50. The lowest BCUT2D eigenvalue weighted by Gasteiger charge is -2.26. The third kappa shape index (κ3) is 5.85. The van der Waals surface area contributed by atoms with E-state index in [1.54, 1.807) is 35.1 Å². The Morgan fingerprint density at radius 2 is 2.27 bits per heavy atom. The fourth-order valence-corrected chi connectivity index (χ4v) is 4.06. The third-order valence-corrected chi connectivity index (χ3v) is 5.80. The van der Waals surface area contributed by atoms with E-state index in [0.717, 1.165) is 11.1 Å². The molecule has 2 aromatic heterocycles. The summed E-state index contributed by atoms with van der Waals surface area (Å²) in [6.07, 6.45) is 8.56. The second-order valence-corrected chi connectivity index (χ2v) is 8.44. The molecular formula is C20H24FN5O3S. The highest BCUT2D eigenvalue weighted by Crippen LogP contribution is 2.09. The van der Waals surface area contributed by atoms with Crippen molar-refractivity contribution in [2.45, 2.75) is 18.6 Å². The Morgan fingerprint density at radius 1 is 1.43 bits per heavy atom. The molecule has 8 nitrogen and oxygen atoms in total. The number of nitrogens with zero attached hydrogens (tertiary/aromatic N) is 2. The van der Waals surface area contributed by atoms with E-state index in [0.29, 0.717) is 24.1 Å². The van der Waals surface area contributed by atoms with E-state index in [2.05, 4.69) is 26.9 Å². The molecule has 1 aliphatic heterocycles. The molecule has 0 bridgehead atoms. The number of hydrogen-bond donors (Lipinski definition) is 3. The first kappa shape index (κ1) is 21.9. The molecule has 3 rings (SSSR count). The van der Waals surface area contributed by atoms with Crippen LogP contribution in [0.1, 0.15) is 16.8 Å². The number of imidazole rings is 1. The van der Waals surface area contributed by atoms with Gasteiger partial charge in [-0.3, -0.25) is 4.79 Å². The molecule has 1 fully saturated rings. The Balaban J connectivity index is 1.56. The average Bonchev–Trinajstić information content (AvgIpc) is 3.19. The van der Waals surface area contributed by atoms with Gasteiger partial charge in [-0.05, 0) is 36.7 Å². The first-order chi connectivity index (χ1) is 14.4. The Hall–Kier alpha value is -2.82. The second-order valence-electron chi connectivity index (χ2n) is 6.85. The number of piperidine rings is 1. The number of aromatic nitrogens is 2. The number of rotatable bonds is 8. The first-order valence-corrected chi connectivity index (χ1v) is 11.0. The molecule has 10 heteroatoms. The molecule has 3 heterocycles. The summed E-state index contributed by atoms with van der Waals surface area (Å²) in [5.74, 6) is -0.281. The molecule has 0 spiro atoms. The fraction of sp³-hybridized carbons (Fsp3) is 0.300. The SMILES string of the molecule is C=C/C(=C\C=C\S(=O)(=O)NC1CCNCC1F)CNC(=O)c1ccc2nccn2c1.